The highest BCUT2D eigenvalue weighted by Gasteiger charge is 2.47. The molecule has 162 valence electrons. The van der Waals surface area contributed by atoms with Crippen LogP contribution in [0.3, 0.4) is 0 Å². The number of hydrogen-bond acceptors (Lipinski definition) is 4. The van der Waals surface area contributed by atoms with E-state index in [2.05, 4.69) is 0 Å². The monoisotopic (exact) mass is 439 g/mol. The lowest BCUT2D eigenvalue weighted by atomic mass is 9.94. The van der Waals surface area contributed by atoms with Gasteiger partial charge >= 0.3 is 0 Å². The topological polar surface area (TPSA) is 77.8 Å². The number of amides is 1. The Morgan fingerprint density at radius 2 is 1.55 bits per heavy atom. The average Bonchev–Trinajstić information content (AvgIpc) is 3.09. The van der Waals surface area contributed by atoms with Gasteiger partial charge < -0.3 is 10.2 Å². The lowest BCUT2D eigenvalue weighted by Crippen LogP contribution is -2.29. The van der Waals surface area contributed by atoms with E-state index in [0.717, 1.165) is 16.8 Å². The molecule has 1 aliphatic rings. The highest BCUT2D eigenvalue weighted by molar-refractivity contribution is 6.51. The minimum atomic E-state index is -1.00. The molecule has 1 saturated heterocycles. The molecule has 6 heteroatoms. The summed E-state index contributed by atoms with van der Waals surface area (Å²) in [5.41, 5.74) is 0.950. The van der Waals surface area contributed by atoms with Crippen LogP contribution in [0, 0.1) is 5.82 Å². The molecule has 1 aliphatic heterocycles. The molecule has 0 aromatic heterocycles. The predicted octanol–water partition coefficient (Wildman–Crippen LogP) is 5.31. The van der Waals surface area contributed by atoms with Crippen LogP contribution in [0.4, 0.5) is 10.1 Å². The number of fused-ring (bicyclic) bond motifs is 1. The summed E-state index contributed by atoms with van der Waals surface area (Å²) in [6.07, 6.45) is 0. The molecular weight excluding hydrogens is 421 g/mol. The molecule has 5 rings (SSSR count). The van der Waals surface area contributed by atoms with Crippen LogP contribution in [-0.4, -0.2) is 21.9 Å². The number of Topliss-reactive ketones (excluding diaryl/α,β-unsaturated/α-hetero) is 1. The second-order valence-corrected chi connectivity index (χ2v) is 7.80. The number of carbonyl (C=O) groups excluding carboxylic acids is 2. The Labute approximate surface area is 188 Å². The Morgan fingerprint density at radius 3 is 2.27 bits per heavy atom. The first-order chi connectivity index (χ1) is 15.9. The van der Waals surface area contributed by atoms with Gasteiger partial charge in [0.25, 0.3) is 11.7 Å². The Bertz CT molecular complexity index is 1440. The molecule has 1 fully saturated rings. The molecule has 2 N–H and O–H groups in total. The highest BCUT2D eigenvalue weighted by atomic mass is 19.1. The van der Waals surface area contributed by atoms with Gasteiger partial charge in [-0.2, -0.15) is 0 Å². The van der Waals surface area contributed by atoms with E-state index >= 15 is 0 Å². The summed E-state index contributed by atoms with van der Waals surface area (Å²) in [4.78, 5) is 27.4. The molecular formula is C27H18FNO4. The maximum absolute atomic E-state index is 14.0. The van der Waals surface area contributed by atoms with E-state index in [1.807, 2.05) is 30.3 Å². The molecule has 5 nitrogen and oxygen atoms in total. The summed E-state index contributed by atoms with van der Waals surface area (Å²) in [5, 5.41) is 22.8. The Hall–Kier alpha value is -4.45. The zero-order valence-corrected chi connectivity index (χ0v) is 17.3. The summed E-state index contributed by atoms with van der Waals surface area (Å²) < 4.78 is 14.0. The number of phenols is 1. The lowest BCUT2D eigenvalue weighted by molar-refractivity contribution is -0.132. The maximum Gasteiger partial charge on any atom is 0.300 e. The van der Waals surface area contributed by atoms with Gasteiger partial charge in [0.2, 0.25) is 0 Å². The van der Waals surface area contributed by atoms with Gasteiger partial charge in [0, 0.05) is 11.3 Å². The first kappa shape index (κ1) is 20.5. The fourth-order valence-electron chi connectivity index (χ4n) is 4.19. The number of hydrogen-bond donors (Lipinski definition) is 2. The van der Waals surface area contributed by atoms with Crippen LogP contribution in [0.5, 0.6) is 5.75 Å². The van der Waals surface area contributed by atoms with Crippen molar-refractivity contribution in [3.05, 3.63) is 114 Å². The van der Waals surface area contributed by atoms with Gasteiger partial charge in [-0.1, -0.05) is 54.6 Å². The summed E-state index contributed by atoms with van der Waals surface area (Å²) >= 11 is 0. The quantitative estimate of drug-likeness (QED) is 0.258. The van der Waals surface area contributed by atoms with Crippen LogP contribution in [0.1, 0.15) is 17.2 Å². The van der Waals surface area contributed by atoms with Crippen LogP contribution in [0.25, 0.3) is 16.5 Å². The van der Waals surface area contributed by atoms with E-state index < -0.39 is 23.5 Å². The van der Waals surface area contributed by atoms with E-state index in [1.165, 1.54) is 35.2 Å². The van der Waals surface area contributed by atoms with Crippen molar-refractivity contribution in [2.45, 2.75) is 6.04 Å². The van der Waals surface area contributed by atoms with Crippen molar-refractivity contribution in [2.24, 2.45) is 0 Å². The summed E-state index contributed by atoms with van der Waals surface area (Å²) in [6.45, 7) is 0. The number of aliphatic hydroxyl groups is 1. The third kappa shape index (κ3) is 3.51. The van der Waals surface area contributed by atoms with Gasteiger partial charge in [-0.05, 0) is 52.7 Å². The van der Waals surface area contributed by atoms with Crippen LogP contribution >= 0.6 is 0 Å². The smallest absolute Gasteiger partial charge is 0.300 e. The molecule has 1 amide bonds. The van der Waals surface area contributed by atoms with E-state index in [-0.39, 0.29) is 22.8 Å². The number of aliphatic hydroxyl groups excluding tert-OH is 1. The summed E-state index contributed by atoms with van der Waals surface area (Å²) in [7, 11) is 0. The van der Waals surface area contributed by atoms with E-state index in [0.29, 0.717) is 11.1 Å². The average molecular weight is 439 g/mol. The molecule has 0 bridgehead atoms. The second-order valence-electron chi connectivity index (χ2n) is 7.80. The molecule has 33 heavy (non-hydrogen) atoms. The molecule has 0 saturated carbocycles. The molecule has 4 aromatic rings. The second kappa shape index (κ2) is 7.91. The highest BCUT2D eigenvalue weighted by Crippen LogP contribution is 2.42. The van der Waals surface area contributed by atoms with Crippen LogP contribution in [-0.2, 0) is 9.59 Å². The third-order valence-corrected chi connectivity index (χ3v) is 5.76. The lowest BCUT2D eigenvalue weighted by Gasteiger charge is -2.25. The van der Waals surface area contributed by atoms with Gasteiger partial charge in [-0.3, -0.25) is 14.5 Å². The number of phenolic OH excluding ortho intramolecular Hbond substituents is 1. The van der Waals surface area contributed by atoms with Crippen molar-refractivity contribution in [1.82, 2.24) is 0 Å². The van der Waals surface area contributed by atoms with Crippen molar-refractivity contribution in [2.75, 3.05) is 4.90 Å². The third-order valence-electron chi connectivity index (χ3n) is 5.76. The zero-order chi connectivity index (χ0) is 23.1. The fraction of sp³-hybridized carbons (Fsp3) is 0.0370. The number of rotatable bonds is 3. The molecule has 0 radical (unpaired) electrons. The van der Waals surface area contributed by atoms with Crippen molar-refractivity contribution in [1.29, 1.82) is 0 Å². The molecule has 0 aliphatic carbocycles. The number of anilines is 1. The Morgan fingerprint density at radius 1 is 0.818 bits per heavy atom. The van der Waals surface area contributed by atoms with Gasteiger partial charge in [0.1, 0.15) is 17.3 Å². The number of aromatic hydroxyl groups is 1. The standard InChI is InChI=1S/C27H18FNO4/c28-20-6-3-7-21(15-20)29-24(17-10-12-22(30)13-11-17)23(26(32)27(29)33)25(31)19-9-8-16-4-1-2-5-18(16)14-19/h1-15,24,30-31H/b25-23-. The van der Waals surface area contributed by atoms with Crippen LogP contribution in [0.15, 0.2) is 96.6 Å². The number of ketones is 1. The normalized spacial score (nSPS) is 17.6. The number of carbonyl (C=O) groups is 2. The molecule has 1 unspecified atom stereocenters. The van der Waals surface area contributed by atoms with Crippen molar-refractivity contribution in [3.8, 4) is 5.75 Å². The van der Waals surface area contributed by atoms with Gasteiger partial charge in [-0.25, -0.2) is 4.39 Å². The molecule has 4 aromatic carbocycles. The minimum absolute atomic E-state index is 0.0102. The van der Waals surface area contributed by atoms with Crippen molar-refractivity contribution in [3.63, 3.8) is 0 Å². The predicted molar refractivity (Wildman–Crippen MR) is 123 cm³/mol. The number of nitrogens with zero attached hydrogens (tertiary/aromatic N) is 1. The summed E-state index contributed by atoms with van der Waals surface area (Å²) in [5.74, 6) is -2.62. The number of halogens is 1. The fourth-order valence-corrected chi connectivity index (χ4v) is 4.19. The van der Waals surface area contributed by atoms with E-state index in [9.17, 15) is 24.2 Å². The molecule has 1 atom stereocenters. The number of benzene rings is 4. The zero-order valence-electron chi connectivity index (χ0n) is 17.3. The summed E-state index contributed by atoms with van der Waals surface area (Å²) in [6, 6.07) is 23.2. The van der Waals surface area contributed by atoms with E-state index in [4.69, 9.17) is 0 Å². The SMILES string of the molecule is O=C1C(=O)N(c2cccc(F)c2)C(c2ccc(O)cc2)/C1=C(/O)c1ccc2ccccc2c1. The first-order valence-corrected chi connectivity index (χ1v) is 10.3. The molecule has 0 spiro atoms. The largest absolute Gasteiger partial charge is 0.508 e. The van der Waals surface area contributed by atoms with Crippen molar-refractivity contribution < 1.29 is 24.2 Å². The minimum Gasteiger partial charge on any atom is -0.508 e. The Balaban J connectivity index is 1.73. The van der Waals surface area contributed by atoms with Gasteiger partial charge in [0.15, 0.2) is 0 Å². The van der Waals surface area contributed by atoms with E-state index in [1.54, 1.807) is 24.3 Å². The van der Waals surface area contributed by atoms with Gasteiger partial charge in [-0.15, -0.1) is 0 Å². The first-order valence-electron chi connectivity index (χ1n) is 10.3. The maximum atomic E-state index is 14.0. The van der Waals surface area contributed by atoms with Gasteiger partial charge in [0.05, 0.1) is 11.6 Å². The Kier molecular flexibility index (Phi) is 4.90. The molecule has 1 heterocycles. The van der Waals surface area contributed by atoms with Crippen LogP contribution < -0.4 is 4.90 Å². The van der Waals surface area contributed by atoms with Crippen molar-refractivity contribution >= 4 is 33.9 Å². The van der Waals surface area contributed by atoms with Crippen LogP contribution in [0.2, 0.25) is 0 Å².